The lowest BCUT2D eigenvalue weighted by molar-refractivity contribution is 0.0937. The smallest absolute Gasteiger partial charge is 0.269 e. The molecule has 1 amide bonds. The molecule has 1 aliphatic rings. The molecule has 1 fully saturated rings. The zero-order chi connectivity index (χ0) is 13.0. The van der Waals surface area contributed by atoms with Crippen LogP contribution in [0.2, 0.25) is 5.15 Å². The molecule has 3 nitrogen and oxygen atoms in total. The number of halogens is 1. The summed E-state index contributed by atoms with van der Waals surface area (Å²) in [7, 11) is 0. The van der Waals surface area contributed by atoms with Crippen molar-refractivity contribution < 1.29 is 4.79 Å². The number of pyridine rings is 1. The molecular formula is C14H19ClN2O. The van der Waals surface area contributed by atoms with Gasteiger partial charge >= 0.3 is 0 Å². The van der Waals surface area contributed by atoms with Crippen molar-refractivity contribution in [3.05, 3.63) is 29.0 Å². The van der Waals surface area contributed by atoms with Crippen molar-refractivity contribution in [3.63, 3.8) is 0 Å². The third-order valence-electron chi connectivity index (χ3n) is 3.63. The van der Waals surface area contributed by atoms with E-state index < -0.39 is 0 Å². The molecule has 1 N–H and O–H groups in total. The van der Waals surface area contributed by atoms with E-state index in [2.05, 4.69) is 17.2 Å². The van der Waals surface area contributed by atoms with Gasteiger partial charge in [0.1, 0.15) is 10.8 Å². The summed E-state index contributed by atoms with van der Waals surface area (Å²) in [4.78, 5) is 15.9. The molecule has 0 bridgehead atoms. The summed E-state index contributed by atoms with van der Waals surface area (Å²) >= 11 is 5.76. The fourth-order valence-corrected chi connectivity index (χ4v) is 2.56. The van der Waals surface area contributed by atoms with Gasteiger partial charge in [-0.1, -0.05) is 37.4 Å². The van der Waals surface area contributed by atoms with Crippen molar-refractivity contribution in [2.75, 3.05) is 6.54 Å². The largest absolute Gasteiger partial charge is 0.350 e. The first-order valence-electron chi connectivity index (χ1n) is 6.56. The van der Waals surface area contributed by atoms with Crippen LogP contribution in [0.5, 0.6) is 0 Å². The van der Waals surface area contributed by atoms with Gasteiger partial charge in [-0.05, 0) is 36.8 Å². The number of aromatic nitrogens is 1. The van der Waals surface area contributed by atoms with Crippen LogP contribution in [-0.2, 0) is 0 Å². The molecule has 0 aromatic carbocycles. The Balaban J connectivity index is 1.81. The van der Waals surface area contributed by atoms with Crippen molar-refractivity contribution in [1.82, 2.24) is 10.3 Å². The van der Waals surface area contributed by atoms with Crippen molar-refractivity contribution >= 4 is 17.5 Å². The number of hydrogen-bond donors (Lipinski definition) is 1. The third-order valence-corrected chi connectivity index (χ3v) is 3.84. The average molecular weight is 267 g/mol. The predicted octanol–water partition coefficient (Wildman–Crippen LogP) is 3.29. The van der Waals surface area contributed by atoms with Gasteiger partial charge in [-0.2, -0.15) is 0 Å². The van der Waals surface area contributed by atoms with Gasteiger partial charge in [-0.15, -0.1) is 0 Å². The van der Waals surface area contributed by atoms with Gasteiger partial charge in [0.25, 0.3) is 5.91 Å². The Morgan fingerprint density at radius 2 is 2.11 bits per heavy atom. The Labute approximate surface area is 113 Å². The molecule has 0 unspecified atom stereocenters. The fraction of sp³-hybridized carbons (Fsp3) is 0.571. The van der Waals surface area contributed by atoms with Crippen LogP contribution in [0.15, 0.2) is 18.2 Å². The van der Waals surface area contributed by atoms with Crippen molar-refractivity contribution in [1.29, 1.82) is 0 Å². The fourth-order valence-electron chi connectivity index (χ4n) is 2.40. The van der Waals surface area contributed by atoms with Gasteiger partial charge in [-0.25, -0.2) is 4.98 Å². The molecule has 0 atom stereocenters. The van der Waals surface area contributed by atoms with E-state index in [-0.39, 0.29) is 5.91 Å². The number of carbonyl (C=O) groups is 1. The minimum absolute atomic E-state index is 0.129. The Hall–Kier alpha value is -1.09. The molecule has 98 valence electrons. The Kier molecular flexibility index (Phi) is 4.59. The van der Waals surface area contributed by atoms with E-state index in [1.165, 1.54) is 25.7 Å². The van der Waals surface area contributed by atoms with E-state index in [4.69, 9.17) is 11.6 Å². The lowest BCUT2D eigenvalue weighted by atomic mass is 9.83. The minimum atomic E-state index is -0.129. The molecule has 18 heavy (non-hydrogen) atoms. The molecule has 1 aromatic heterocycles. The molecule has 1 heterocycles. The van der Waals surface area contributed by atoms with E-state index in [9.17, 15) is 4.79 Å². The first-order valence-corrected chi connectivity index (χ1v) is 6.93. The molecule has 4 heteroatoms. The summed E-state index contributed by atoms with van der Waals surface area (Å²) in [6.07, 6.45) is 4.97. The highest BCUT2D eigenvalue weighted by Crippen LogP contribution is 2.27. The third kappa shape index (κ3) is 3.70. The first kappa shape index (κ1) is 13.3. The highest BCUT2D eigenvalue weighted by atomic mass is 35.5. The maximum atomic E-state index is 11.9. The van der Waals surface area contributed by atoms with E-state index in [0.717, 1.165) is 12.5 Å². The number of rotatable bonds is 3. The van der Waals surface area contributed by atoms with Crippen molar-refractivity contribution in [2.45, 2.75) is 32.6 Å². The Morgan fingerprint density at radius 1 is 1.39 bits per heavy atom. The number of carbonyl (C=O) groups excluding carboxylic acids is 1. The standard InChI is InChI=1S/C14H19ClN2O/c1-10-5-7-11(8-6-10)9-16-14(18)12-3-2-4-13(15)17-12/h2-4,10-11H,5-9H2,1H3,(H,16,18). The molecule has 0 radical (unpaired) electrons. The molecule has 0 spiro atoms. The van der Waals surface area contributed by atoms with Crippen LogP contribution in [0.4, 0.5) is 0 Å². The zero-order valence-electron chi connectivity index (χ0n) is 10.7. The molecule has 1 aliphatic carbocycles. The van der Waals surface area contributed by atoms with Crippen molar-refractivity contribution in [2.24, 2.45) is 11.8 Å². The first-order chi connectivity index (χ1) is 8.65. The average Bonchev–Trinajstić information content (AvgIpc) is 2.38. The topological polar surface area (TPSA) is 42.0 Å². The molecule has 1 saturated carbocycles. The molecule has 0 aliphatic heterocycles. The van der Waals surface area contributed by atoms with Crippen molar-refractivity contribution in [3.8, 4) is 0 Å². The maximum Gasteiger partial charge on any atom is 0.269 e. The number of nitrogens with one attached hydrogen (secondary N) is 1. The summed E-state index contributed by atoms with van der Waals surface area (Å²) < 4.78 is 0. The van der Waals surface area contributed by atoms with Gasteiger partial charge in [-0.3, -0.25) is 4.79 Å². The van der Waals surface area contributed by atoms with Gasteiger partial charge in [0.15, 0.2) is 0 Å². The SMILES string of the molecule is CC1CCC(CNC(=O)c2cccc(Cl)n2)CC1. The van der Waals surface area contributed by atoms with Crippen LogP contribution in [0, 0.1) is 11.8 Å². The second kappa shape index (κ2) is 6.19. The monoisotopic (exact) mass is 266 g/mol. The summed E-state index contributed by atoms with van der Waals surface area (Å²) in [5, 5.41) is 3.31. The second-order valence-electron chi connectivity index (χ2n) is 5.18. The lowest BCUT2D eigenvalue weighted by Gasteiger charge is -2.26. The Morgan fingerprint density at radius 3 is 2.78 bits per heavy atom. The lowest BCUT2D eigenvalue weighted by Crippen LogP contribution is -2.31. The second-order valence-corrected chi connectivity index (χ2v) is 5.57. The van der Waals surface area contributed by atoms with Crippen LogP contribution >= 0.6 is 11.6 Å². The van der Waals surface area contributed by atoms with Crippen LogP contribution in [-0.4, -0.2) is 17.4 Å². The maximum absolute atomic E-state index is 11.9. The van der Waals surface area contributed by atoms with E-state index >= 15 is 0 Å². The number of amides is 1. The summed E-state index contributed by atoms with van der Waals surface area (Å²) in [5.74, 6) is 1.33. The quantitative estimate of drug-likeness (QED) is 0.853. The summed E-state index contributed by atoms with van der Waals surface area (Å²) in [6, 6.07) is 5.09. The number of nitrogens with zero attached hydrogens (tertiary/aromatic N) is 1. The number of hydrogen-bond acceptors (Lipinski definition) is 2. The van der Waals surface area contributed by atoms with Gasteiger partial charge < -0.3 is 5.32 Å². The normalized spacial score (nSPS) is 23.7. The van der Waals surface area contributed by atoms with Gasteiger partial charge in [0, 0.05) is 6.54 Å². The Bertz CT molecular complexity index is 414. The molecule has 2 rings (SSSR count). The summed E-state index contributed by atoms with van der Waals surface area (Å²) in [5.41, 5.74) is 0.395. The zero-order valence-corrected chi connectivity index (χ0v) is 11.4. The van der Waals surface area contributed by atoms with E-state index in [1.807, 2.05) is 0 Å². The molecular weight excluding hydrogens is 248 g/mol. The highest BCUT2D eigenvalue weighted by Gasteiger charge is 2.19. The molecule has 0 saturated heterocycles. The van der Waals surface area contributed by atoms with Gasteiger partial charge in [0.2, 0.25) is 0 Å². The van der Waals surface area contributed by atoms with Crippen LogP contribution in [0.1, 0.15) is 43.1 Å². The van der Waals surface area contributed by atoms with Crippen LogP contribution in [0.3, 0.4) is 0 Å². The van der Waals surface area contributed by atoms with Crippen LogP contribution < -0.4 is 5.32 Å². The van der Waals surface area contributed by atoms with E-state index in [0.29, 0.717) is 16.8 Å². The van der Waals surface area contributed by atoms with Gasteiger partial charge in [0.05, 0.1) is 0 Å². The predicted molar refractivity (Wildman–Crippen MR) is 72.7 cm³/mol. The minimum Gasteiger partial charge on any atom is -0.350 e. The summed E-state index contributed by atoms with van der Waals surface area (Å²) in [6.45, 7) is 3.05. The van der Waals surface area contributed by atoms with E-state index in [1.54, 1.807) is 18.2 Å². The molecule has 1 aromatic rings. The van der Waals surface area contributed by atoms with Crippen LogP contribution in [0.25, 0.3) is 0 Å². The highest BCUT2D eigenvalue weighted by molar-refractivity contribution is 6.29.